The molecule has 3 aromatic rings. The van der Waals surface area contributed by atoms with Crippen LogP contribution in [0.1, 0.15) is 16.1 Å². The number of H-pyrrole nitrogens is 1. The zero-order valence-corrected chi connectivity index (χ0v) is 15.0. The summed E-state index contributed by atoms with van der Waals surface area (Å²) in [5.41, 5.74) is 2.62. The van der Waals surface area contributed by atoms with Crippen molar-refractivity contribution >= 4 is 11.8 Å². The van der Waals surface area contributed by atoms with Gasteiger partial charge in [-0.1, -0.05) is 0 Å². The van der Waals surface area contributed by atoms with Crippen LogP contribution >= 0.6 is 0 Å². The topological polar surface area (TPSA) is 61.3 Å². The monoisotopic (exact) mass is 362 g/mol. The molecule has 1 fully saturated rings. The number of nitrogens with one attached hydrogen (secondary N) is 1. The van der Waals surface area contributed by atoms with Crippen LogP contribution in [-0.4, -0.2) is 57.3 Å². The normalized spacial score (nSPS) is 14.4. The van der Waals surface area contributed by atoms with Crippen LogP contribution in [0, 0.1) is 0 Å². The number of rotatable bonds is 4. The Morgan fingerprint density at radius 1 is 0.852 bits per heavy atom. The lowest BCUT2D eigenvalue weighted by atomic mass is 10.1. The van der Waals surface area contributed by atoms with Gasteiger partial charge in [-0.15, -0.1) is 0 Å². The SMILES string of the molecule is O=C(Cc1ccc[nH]1)N1CCN(C(=O)c2ccc(-n3cccc3)cc2)CC1. The summed E-state index contributed by atoms with van der Waals surface area (Å²) < 4.78 is 2.00. The van der Waals surface area contributed by atoms with Crippen LogP contribution in [0.4, 0.5) is 0 Å². The van der Waals surface area contributed by atoms with Gasteiger partial charge in [0.1, 0.15) is 0 Å². The summed E-state index contributed by atoms with van der Waals surface area (Å²) in [6.07, 6.45) is 6.14. The quantitative estimate of drug-likeness (QED) is 0.774. The Balaban J connectivity index is 1.33. The van der Waals surface area contributed by atoms with E-state index in [1.807, 2.05) is 81.5 Å². The van der Waals surface area contributed by atoms with Crippen molar-refractivity contribution in [1.29, 1.82) is 0 Å². The summed E-state index contributed by atoms with van der Waals surface area (Å²) in [4.78, 5) is 31.8. The smallest absolute Gasteiger partial charge is 0.253 e. The molecule has 0 radical (unpaired) electrons. The molecular formula is C21H22N4O2. The number of piperazine rings is 1. The molecule has 2 amide bonds. The predicted molar refractivity (Wildman–Crippen MR) is 103 cm³/mol. The predicted octanol–water partition coefficient (Wildman–Crippen LogP) is 2.33. The van der Waals surface area contributed by atoms with Crippen LogP contribution in [-0.2, 0) is 11.2 Å². The summed E-state index contributed by atoms with van der Waals surface area (Å²) in [5.74, 6) is 0.117. The molecule has 0 unspecified atom stereocenters. The van der Waals surface area contributed by atoms with Gasteiger partial charge in [0, 0.05) is 61.7 Å². The molecule has 6 heteroatoms. The highest BCUT2D eigenvalue weighted by molar-refractivity contribution is 5.94. The first kappa shape index (κ1) is 17.1. The molecule has 3 heterocycles. The Hall–Kier alpha value is -3.28. The van der Waals surface area contributed by atoms with Gasteiger partial charge in [-0.3, -0.25) is 9.59 Å². The molecule has 0 atom stereocenters. The van der Waals surface area contributed by atoms with Gasteiger partial charge < -0.3 is 19.4 Å². The van der Waals surface area contributed by atoms with Gasteiger partial charge in [0.25, 0.3) is 5.91 Å². The van der Waals surface area contributed by atoms with Gasteiger partial charge in [0.05, 0.1) is 6.42 Å². The van der Waals surface area contributed by atoms with E-state index in [4.69, 9.17) is 0 Å². The number of aromatic nitrogens is 2. The number of hydrogen-bond donors (Lipinski definition) is 1. The second-order valence-corrected chi connectivity index (χ2v) is 6.68. The Morgan fingerprint density at radius 3 is 2.15 bits per heavy atom. The van der Waals surface area contributed by atoms with Crippen LogP contribution in [0.3, 0.4) is 0 Å². The highest BCUT2D eigenvalue weighted by atomic mass is 16.2. The molecule has 1 aromatic carbocycles. The van der Waals surface area contributed by atoms with Gasteiger partial charge in [0.15, 0.2) is 0 Å². The van der Waals surface area contributed by atoms with Crippen molar-refractivity contribution in [2.75, 3.05) is 26.2 Å². The first-order chi connectivity index (χ1) is 13.2. The molecule has 1 N–H and O–H groups in total. The lowest BCUT2D eigenvalue weighted by Gasteiger charge is -2.34. The van der Waals surface area contributed by atoms with Crippen LogP contribution in [0.25, 0.3) is 5.69 Å². The molecule has 0 saturated carbocycles. The van der Waals surface area contributed by atoms with Crippen molar-refractivity contribution in [3.8, 4) is 5.69 Å². The standard InChI is InChI=1S/C21H22N4O2/c26-20(16-18-4-3-9-22-18)24-12-14-25(15-13-24)21(27)17-5-7-19(8-6-17)23-10-1-2-11-23/h1-11,22H,12-16H2. The van der Waals surface area contributed by atoms with Crippen molar-refractivity contribution in [3.63, 3.8) is 0 Å². The summed E-state index contributed by atoms with van der Waals surface area (Å²) in [5, 5.41) is 0. The van der Waals surface area contributed by atoms with E-state index in [0.29, 0.717) is 38.2 Å². The summed E-state index contributed by atoms with van der Waals surface area (Å²) in [6.45, 7) is 2.28. The Morgan fingerprint density at radius 2 is 1.52 bits per heavy atom. The molecule has 0 spiro atoms. The summed E-state index contributed by atoms with van der Waals surface area (Å²) in [7, 11) is 0. The maximum Gasteiger partial charge on any atom is 0.253 e. The molecule has 4 rings (SSSR count). The van der Waals surface area contributed by atoms with Gasteiger partial charge in [-0.05, 0) is 48.5 Å². The van der Waals surface area contributed by atoms with Crippen LogP contribution in [0.5, 0.6) is 0 Å². The molecule has 0 bridgehead atoms. The molecule has 6 nitrogen and oxygen atoms in total. The van der Waals surface area contributed by atoms with E-state index in [1.54, 1.807) is 0 Å². The lowest BCUT2D eigenvalue weighted by molar-refractivity contribution is -0.132. The third-order valence-electron chi connectivity index (χ3n) is 4.94. The van der Waals surface area contributed by atoms with Crippen LogP contribution in [0.2, 0.25) is 0 Å². The number of carbonyl (C=O) groups is 2. The maximum atomic E-state index is 12.7. The number of nitrogens with zero attached hydrogens (tertiary/aromatic N) is 3. The molecule has 1 aliphatic heterocycles. The molecule has 0 aliphatic carbocycles. The van der Waals surface area contributed by atoms with E-state index in [0.717, 1.165) is 11.4 Å². The Bertz CT molecular complexity index is 890. The van der Waals surface area contributed by atoms with Crippen molar-refractivity contribution in [3.05, 3.63) is 78.4 Å². The van der Waals surface area contributed by atoms with Crippen molar-refractivity contribution in [1.82, 2.24) is 19.4 Å². The van der Waals surface area contributed by atoms with E-state index < -0.39 is 0 Å². The fraction of sp³-hybridized carbons (Fsp3) is 0.238. The number of hydrogen-bond acceptors (Lipinski definition) is 2. The average molecular weight is 362 g/mol. The fourth-order valence-corrected chi connectivity index (χ4v) is 3.38. The van der Waals surface area contributed by atoms with Gasteiger partial charge in [-0.2, -0.15) is 0 Å². The number of benzene rings is 1. The third kappa shape index (κ3) is 3.79. The number of aromatic amines is 1. The zero-order chi connectivity index (χ0) is 18.6. The minimum atomic E-state index is 0.0190. The maximum absolute atomic E-state index is 12.7. The van der Waals surface area contributed by atoms with Crippen LogP contribution in [0.15, 0.2) is 67.1 Å². The minimum absolute atomic E-state index is 0.0190. The van der Waals surface area contributed by atoms with E-state index in [9.17, 15) is 9.59 Å². The summed E-state index contributed by atoms with van der Waals surface area (Å²) >= 11 is 0. The fourth-order valence-electron chi connectivity index (χ4n) is 3.38. The number of amides is 2. The van der Waals surface area contributed by atoms with Crippen molar-refractivity contribution in [2.45, 2.75) is 6.42 Å². The summed E-state index contributed by atoms with van der Waals surface area (Å²) in [6, 6.07) is 15.4. The second kappa shape index (κ2) is 7.53. The highest BCUT2D eigenvalue weighted by Crippen LogP contribution is 2.14. The van der Waals surface area contributed by atoms with E-state index in [1.165, 1.54) is 0 Å². The first-order valence-electron chi connectivity index (χ1n) is 9.13. The van der Waals surface area contributed by atoms with Crippen molar-refractivity contribution < 1.29 is 9.59 Å². The molecule has 138 valence electrons. The van der Waals surface area contributed by atoms with E-state index in [2.05, 4.69) is 4.98 Å². The molecule has 27 heavy (non-hydrogen) atoms. The average Bonchev–Trinajstić information content (AvgIpc) is 3.42. The second-order valence-electron chi connectivity index (χ2n) is 6.68. The molecule has 1 saturated heterocycles. The molecule has 1 aliphatic rings. The zero-order valence-electron chi connectivity index (χ0n) is 15.0. The van der Waals surface area contributed by atoms with E-state index in [-0.39, 0.29) is 11.8 Å². The molecular weight excluding hydrogens is 340 g/mol. The van der Waals surface area contributed by atoms with Gasteiger partial charge in [-0.25, -0.2) is 0 Å². The largest absolute Gasteiger partial charge is 0.365 e. The van der Waals surface area contributed by atoms with Gasteiger partial charge in [0.2, 0.25) is 5.91 Å². The van der Waals surface area contributed by atoms with Crippen molar-refractivity contribution in [2.24, 2.45) is 0 Å². The Labute approximate surface area is 158 Å². The minimum Gasteiger partial charge on any atom is -0.365 e. The van der Waals surface area contributed by atoms with Crippen LogP contribution < -0.4 is 0 Å². The first-order valence-corrected chi connectivity index (χ1v) is 9.13. The van der Waals surface area contributed by atoms with Gasteiger partial charge >= 0.3 is 0 Å². The van der Waals surface area contributed by atoms with E-state index >= 15 is 0 Å². The highest BCUT2D eigenvalue weighted by Gasteiger charge is 2.25. The third-order valence-corrected chi connectivity index (χ3v) is 4.94. The Kier molecular flexibility index (Phi) is 4.78. The molecule has 2 aromatic heterocycles. The lowest BCUT2D eigenvalue weighted by Crippen LogP contribution is -2.51. The number of carbonyl (C=O) groups excluding carboxylic acids is 2.